The highest BCUT2D eigenvalue weighted by Crippen LogP contribution is 2.66. The van der Waals surface area contributed by atoms with Crippen LogP contribution in [0.2, 0.25) is 15.1 Å². The molecule has 6 rings (SSSR count). The number of carboxylic acids is 1. The number of benzene rings is 2. The number of carbonyl (C=O) groups is 4. The van der Waals surface area contributed by atoms with Gasteiger partial charge in [-0.1, -0.05) is 60.8 Å². The van der Waals surface area contributed by atoms with E-state index in [1.165, 1.54) is 36.9 Å². The number of alkyl halides is 6. The van der Waals surface area contributed by atoms with E-state index in [1.807, 2.05) is 19.0 Å². The maximum atomic E-state index is 14.7. The van der Waals surface area contributed by atoms with E-state index in [1.54, 1.807) is 51.9 Å². The Kier molecular flexibility index (Phi) is 22.1. The third kappa shape index (κ3) is 15.8. The molecule has 2 aromatic carbocycles. The molecular formula is C51H61Cl3F8N8O5. The normalized spacial score (nSPS) is 16.1. The van der Waals surface area contributed by atoms with Crippen molar-refractivity contribution in [3.63, 3.8) is 0 Å². The predicted molar refractivity (Wildman–Crippen MR) is 268 cm³/mol. The van der Waals surface area contributed by atoms with Crippen LogP contribution in [0, 0.1) is 29.4 Å². The first-order valence-electron chi connectivity index (χ1n) is 23.9. The molecule has 2 fully saturated rings. The minimum Gasteiger partial charge on any atom is -0.481 e. The van der Waals surface area contributed by atoms with Crippen LogP contribution in [0.5, 0.6) is 0 Å². The van der Waals surface area contributed by atoms with Crippen LogP contribution in [-0.4, -0.2) is 124 Å². The fourth-order valence-electron chi connectivity index (χ4n) is 8.47. The van der Waals surface area contributed by atoms with Crippen LogP contribution in [-0.2, 0) is 22.4 Å². The second kappa shape index (κ2) is 26.4. The Bertz CT molecular complexity index is 2620. The first-order chi connectivity index (χ1) is 35.0. The Morgan fingerprint density at radius 2 is 1.07 bits per heavy atom. The van der Waals surface area contributed by atoms with Gasteiger partial charge in [-0.25, -0.2) is 28.7 Å². The van der Waals surface area contributed by atoms with E-state index >= 15 is 0 Å². The molecule has 4 aromatic rings. The van der Waals surface area contributed by atoms with Gasteiger partial charge >= 0.3 is 18.3 Å². The van der Waals surface area contributed by atoms with Crippen LogP contribution in [0.15, 0.2) is 49.1 Å². The van der Waals surface area contributed by atoms with Crippen LogP contribution in [0.1, 0.15) is 126 Å². The maximum absolute atomic E-state index is 14.7. The van der Waals surface area contributed by atoms with Gasteiger partial charge in [0.2, 0.25) is 5.91 Å². The molecule has 0 bridgehead atoms. The average molecular weight is 1120 g/mol. The Morgan fingerprint density at radius 3 is 1.41 bits per heavy atom. The summed E-state index contributed by atoms with van der Waals surface area (Å²) in [5, 5.41) is 11.6. The fraction of sp³-hybridized carbons (Fsp3) is 0.529. The molecule has 24 heteroatoms. The smallest absolute Gasteiger partial charge is 0.395 e. The number of aliphatic carboxylic acids is 1. The molecule has 0 spiro atoms. The summed E-state index contributed by atoms with van der Waals surface area (Å²) in [4.78, 5) is 66.6. The fourth-order valence-corrected chi connectivity index (χ4v) is 9.05. The average Bonchev–Trinajstić information content (AvgIpc) is 4.29. The lowest BCUT2D eigenvalue weighted by Gasteiger charge is -2.29. The summed E-state index contributed by atoms with van der Waals surface area (Å²) >= 11 is 18.0. The van der Waals surface area contributed by atoms with Crippen molar-refractivity contribution in [2.24, 2.45) is 16.6 Å². The highest BCUT2D eigenvalue weighted by Gasteiger charge is 2.69. The minimum absolute atomic E-state index is 0.0274. The van der Waals surface area contributed by atoms with Crippen molar-refractivity contribution in [2.75, 3.05) is 41.3 Å². The molecule has 4 N–H and O–H groups in total. The molecule has 2 heterocycles. The van der Waals surface area contributed by atoms with E-state index in [9.17, 15) is 54.3 Å². The van der Waals surface area contributed by atoms with Crippen molar-refractivity contribution < 1.29 is 59.4 Å². The molecule has 0 saturated heterocycles. The number of carbonyl (C=O) groups excluding carboxylic acids is 3. The van der Waals surface area contributed by atoms with Gasteiger partial charge in [0.1, 0.15) is 11.6 Å². The molecule has 75 heavy (non-hydrogen) atoms. The summed E-state index contributed by atoms with van der Waals surface area (Å²) in [5.41, 5.74) is 3.47. The number of rotatable bonds is 21. The first-order valence-corrected chi connectivity index (χ1v) is 25.0. The molecule has 412 valence electrons. The third-order valence-corrected chi connectivity index (χ3v) is 14.6. The highest BCUT2D eigenvalue weighted by molar-refractivity contribution is 6.32. The first kappa shape index (κ1) is 62.6. The molecule has 1 amide bonds. The number of nitrogens with one attached hydrogen (secondary N) is 1. The van der Waals surface area contributed by atoms with Crippen molar-refractivity contribution >= 4 is 58.2 Å². The van der Waals surface area contributed by atoms with Gasteiger partial charge in [-0.2, -0.15) is 26.3 Å². The lowest BCUT2D eigenvalue weighted by Crippen LogP contribution is -2.43. The largest absolute Gasteiger partial charge is 0.481 e. The van der Waals surface area contributed by atoms with Gasteiger partial charge in [-0.3, -0.25) is 19.2 Å². The topological polar surface area (TPSA) is 185 Å². The number of nitrogens with zero attached hydrogens (tertiary/aromatic N) is 6. The number of aryl methyl sites for hydroxylation is 1. The Hall–Kier alpha value is -4.93. The summed E-state index contributed by atoms with van der Waals surface area (Å²) in [6.07, 6.45) is -3.93. The molecule has 2 aromatic heterocycles. The SMILES string of the molecule is CCC(=O)c1ccc(C[C@@H](CN)N(C)C)c(Cl)c1F.CCC(=O)c1ccc(C[C@@H](CNC(=O)CC(c2ncc(Cl)cn2)C2(C(F)(F)F)CC2)N(C)C)c(Cl)c1F.Cc1cnc(C(CC(=O)O)C2(C(F)(F)F)CC2)nc1. The van der Waals surface area contributed by atoms with Crippen molar-refractivity contribution in [1.82, 2.24) is 35.1 Å². The quantitative estimate of drug-likeness (QED) is 0.0531. The number of aromatic nitrogens is 4. The molecule has 2 aliphatic carbocycles. The molecule has 2 saturated carbocycles. The van der Waals surface area contributed by atoms with E-state index in [4.69, 9.17) is 45.6 Å². The van der Waals surface area contributed by atoms with Crippen molar-refractivity contribution in [3.8, 4) is 0 Å². The Balaban J connectivity index is 0.000000269. The Morgan fingerprint density at radius 1 is 0.680 bits per heavy atom. The van der Waals surface area contributed by atoms with Crippen LogP contribution >= 0.6 is 34.8 Å². The number of likely N-dealkylation sites (N-methyl/N-ethyl adjacent to an activating group) is 2. The minimum atomic E-state index is -4.51. The highest BCUT2D eigenvalue weighted by atomic mass is 35.5. The van der Waals surface area contributed by atoms with Crippen LogP contribution < -0.4 is 11.1 Å². The standard InChI is InChI=1S/C25H28Cl2F4N4O2.C14H20ClFN2O.C12H13F3N2O2/c1-4-19(36)17-6-5-14(21(27)22(17)28)9-16(35(2)3)13-32-20(37)10-18(23-33-11-15(26)12-34-23)24(7-8-24)25(29,30)31;1-4-12(19)11-6-5-9(13(15)14(11)16)7-10(8-17)18(2)3;1-7-5-16-10(17-6-7)8(4-9(18)19)11(2-3-11)12(13,14)15/h5-6,11-12,16,18H,4,7-10,13H2,1-3H3,(H,32,37);5-6,10H,4,7-8,17H2,1-3H3;5-6,8H,2-4H2,1H3,(H,18,19)/t16-,18?;10-;/m00./s1. The van der Waals surface area contributed by atoms with Gasteiger partial charge in [-0.05, 0) is 102 Å². The number of nitrogens with two attached hydrogens (primary N) is 1. The molecular weight excluding hydrogens is 1060 g/mol. The van der Waals surface area contributed by atoms with Crippen molar-refractivity contribution in [1.29, 1.82) is 0 Å². The Labute approximate surface area is 445 Å². The monoisotopic (exact) mass is 1120 g/mol. The van der Waals surface area contributed by atoms with Gasteiger partial charge in [0.05, 0.1) is 43.4 Å². The summed E-state index contributed by atoms with van der Waals surface area (Å²) in [6, 6.07) is 5.91. The lowest BCUT2D eigenvalue weighted by molar-refractivity contribution is -0.196. The molecule has 13 nitrogen and oxygen atoms in total. The molecule has 2 aliphatic rings. The van der Waals surface area contributed by atoms with E-state index in [2.05, 4.69) is 25.3 Å². The van der Waals surface area contributed by atoms with Gasteiger partial charge in [0, 0.05) is 81.1 Å². The molecule has 0 aliphatic heterocycles. The summed E-state index contributed by atoms with van der Waals surface area (Å²) < 4.78 is 110. The summed E-state index contributed by atoms with van der Waals surface area (Å²) in [5.74, 6) is -6.48. The van der Waals surface area contributed by atoms with Crippen LogP contribution in [0.25, 0.3) is 0 Å². The molecule has 4 atom stereocenters. The van der Waals surface area contributed by atoms with E-state index in [0.29, 0.717) is 24.1 Å². The third-order valence-electron chi connectivity index (χ3n) is 13.6. The maximum Gasteiger partial charge on any atom is 0.395 e. The molecule has 2 unspecified atom stereocenters. The summed E-state index contributed by atoms with van der Waals surface area (Å²) in [6.45, 7) is 5.57. The number of ketones is 2. The number of halogens is 11. The number of hydrogen-bond acceptors (Lipinski definition) is 11. The second-order valence-corrected chi connectivity index (χ2v) is 20.3. The number of amides is 1. The van der Waals surface area contributed by atoms with Gasteiger partial charge in [-0.15, -0.1) is 0 Å². The van der Waals surface area contributed by atoms with Gasteiger partial charge in [0.15, 0.2) is 23.2 Å². The molecule has 0 radical (unpaired) electrons. The number of hydrogen-bond donors (Lipinski definition) is 3. The van der Waals surface area contributed by atoms with Crippen molar-refractivity contribution in [2.45, 2.75) is 121 Å². The lowest BCUT2D eigenvalue weighted by atomic mass is 9.84. The van der Waals surface area contributed by atoms with Gasteiger partial charge < -0.3 is 26.0 Å². The summed E-state index contributed by atoms with van der Waals surface area (Å²) in [7, 11) is 7.33. The second-order valence-electron chi connectivity index (χ2n) is 19.1. The van der Waals surface area contributed by atoms with Crippen molar-refractivity contribution in [3.05, 3.63) is 115 Å². The zero-order valence-corrected chi connectivity index (χ0v) is 44.7. The number of Topliss-reactive ketones (excluding diaryl/α,β-unsaturated/α-hetero) is 2. The predicted octanol–water partition coefficient (Wildman–Crippen LogP) is 10.8. The van der Waals surface area contributed by atoms with E-state index in [-0.39, 0.29) is 113 Å². The number of carboxylic acid groups (broad SMARTS) is 1. The zero-order chi connectivity index (χ0) is 56.4. The van der Waals surface area contributed by atoms with Gasteiger partial charge in [0.25, 0.3) is 0 Å². The zero-order valence-electron chi connectivity index (χ0n) is 42.4. The van der Waals surface area contributed by atoms with Crippen LogP contribution in [0.3, 0.4) is 0 Å². The van der Waals surface area contributed by atoms with E-state index < -0.39 is 71.4 Å². The van der Waals surface area contributed by atoms with E-state index in [0.717, 1.165) is 5.56 Å². The van der Waals surface area contributed by atoms with Crippen LogP contribution in [0.4, 0.5) is 35.1 Å².